The molecule has 0 unspecified atom stereocenters. The van der Waals surface area contributed by atoms with Gasteiger partial charge in [-0.25, -0.2) is 19.3 Å². The molecular formula is C21H26FN7O. The molecule has 4 rings (SSSR count). The Hall–Kier alpha value is -3.23. The molecule has 3 aromatic rings. The third-order valence-corrected chi connectivity index (χ3v) is 5.49. The number of rotatable bonds is 6. The number of aryl methyl sites for hydroxylation is 2. The Morgan fingerprint density at radius 1 is 1.27 bits per heavy atom. The van der Waals surface area contributed by atoms with E-state index in [1.807, 2.05) is 54.8 Å². The number of hydrogen-bond acceptors (Lipinski definition) is 6. The largest absolute Gasteiger partial charge is 0.363 e. The lowest BCUT2D eigenvalue weighted by molar-refractivity contribution is -0.117. The second-order valence-corrected chi connectivity index (χ2v) is 7.88. The van der Waals surface area contributed by atoms with E-state index in [1.54, 1.807) is 6.33 Å². The maximum atomic E-state index is 13.3. The molecule has 3 aromatic heterocycles. The number of nitrogens with zero attached hydrogens (tertiary/aromatic N) is 6. The van der Waals surface area contributed by atoms with E-state index in [-0.39, 0.29) is 12.3 Å². The molecular weight excluding hydrogens is 385 g/mol. The van der Waals surface area contributed by atoms with Gasteiger partial charge in [-0.15, -0.1) is 0 Å². The minimum Gasteiger partial charge on any atom is -0.363 e. The van der Waals surface area contributed by atoms with E-state index in [2.05, 4.69) is 33.3 Å². The van der Waals surface area contributed by atoms with Gasteiger partial charge in [0.15, 0.2) is 5.82 Å². The van der Waals surface area contributed by atoms with Gasteiger partial charge in [0, 0.05) is 34.3 Å². The highest BCUT2D eigenvalue weighted by Gasteiger charge is 2.44. The van der Waals surface area contributed by atoms with Crippen molar-refractivity contribution in [3.63, 3.8) is 0 Å². The van der Waals surface area contributed by atoms with Crippen molar-refractivity contribution in [1.82, 2.24) is 19.5 Å². The minimum absolute atomic E-state index is 0.264. The number of pyridine rings is 2. The molecule has 1 aliphatic rings. The molecule has 0 radical (unpaired) electrons. The molecule has 1 N–H and O–H groups in total. The van der Waals surface area contributed by atoms with Crippen LogP contribution in [0.4, 0.5) is 27.5 Å². The number of hydrogen-bond donors (Lipinski definition) is 1. The first-order valence-electron chi connectivity index (χ1n) is 9.97. The Morgan fingerprint density at radius 2 is 2.00 bits per heavy atom. The van der Waals surface area contributed by atoms with Gasteiger partial charge in [-0.05, 0) is 24.5 Å². The molecule has 2 atom stereocenters. The van der Waals surface area contributed by atoms with Gasteiger partial charge < -0.3 is 19.7 Å². The van der Waals surface area contributed by atoms with E-state index in [4.69, 9.17) is 0 Å². The molecule has 3 heterocycles. The van der Waals surface area contributed by atoms with Crippen LogP contribution < -0.4 is 15.1 Å². The number of amides is 1. The molecule has 8 nitrogen and oxygen atoms in total. The number of halogens is 1. The zero-order chi connectivity index (χ0) is 21.6. The number of aromatic nitrogens is 4. The van der Waals surface area contributed by atoms with Crippen LogP contribution in [-0.2, 0) is 18.3 Å². The average molecular weight is 411 g/mol. The summed E-state index contributed by atoms with van der Waals surface area (Å²) in [6.45, 7) is 2.10. The van der Waals surface area contributed by atoms with Gasteiger partial charge in [0.2, 0.25) is 5.91 Å². The van der Waals surface area contributed by atoms with Crippen molar-refractivity contribution >= 4 is 40.1 Å². The van der Waals surface area contributed by atoms with Crippen LogP contribution in [0.5, 0.6) is 0 Å². The lowest BCUT2D eigenvalue weighted by Crippen LogP contribution is -2.19. The summed E-state index contributed by atoms with van der Waals surface area (Å²) >= 11 is 0. The standard InChI is InChI=1S/C21H26FN7O/c1-6-12-7-17(27(2)3)23-10-16(12)29(5)18-9-15-19(24-11-28(15)4)20(25-18)26-21(30)13-8-14(13)22/h7,9-11,13-14H,6,8H2,1-5H3,(H,25,26,30)/t13-,14+/m0/s1. The summed E-state index contributed by atoms with van der Waals surface area (Å²) in [5.41, 5.74) is 3.47. The van der Waals surface area contributed by atoms with Crippen LogP contribution in [-0.4, -0.2) is 52.7 Å². The SMILES string of the molecule is CCc1cc(N(C)C)ncc1N(C)c1cc2c(ncn2C)c(NC(=O)[C@H]2C[C@H]2F)n1. The number of carbonyl (C=O) groups is 1. The average Bonchev–Trinajstić information content (AvgIpc) is 3.36. The van der Waals surface area contributed by atoms with Crippen LogP contribution in [0, 0.1) is 5.92 Å². The lowest BCUT2D eigenvalue weighted by Gasteiger charge is -2.23. The van der Waals surface area contributed by atoms with Gasteiger partial charge in [-0.3, -0.25) is 4.79 Å². The van der Waals surface area contributed by atoms with Crippen molar-refractivity contribution in [1.29, 1.82) is 0 Å². The van der Waals surface area contributed by atoms with Crippen molar-refractivity contribution in [3.8, 4) is 0 Å². The van der Waals surface area contributed by atoms with Crippen LogP contribution in [0.2, 0.25) is 0 Å². The van der Waals surface area contributed by atoms with Gasteiger partial charge in [-0.1, -0.05) is 6.92 Å². The minimum atomic E-state index is -1.07. The monoisotopic (exact) mass is 411 g/mol. The molecule has 0 aliphatic heterocycles. The maximum absolute atomic E-state index is 13.3. The van der Waals surface area contributed by atoms with Crippen molar-refractivity contribution in [2.45, 2.75) is 25.9 Å². The Bertz CT molecular complexity index is 1110. The lowest BCUT2D eigenvalue weighted by atomic mass is 10.1. The van der Waals surface area contributed by atoms with E-state index >= 15 is 0 Å². The van der Waals surface area contributed by atoms with E-state index in [1.165, 1.54) is 0 Å². The second kappa shape index (κ2) is 7.55. The van der Waals surface area contributed by atoms with Gasteiger partial charge in [0.25, 0.3) is 0 Å². The van der Waals surface area contributed by atoms with Gasteiger partial charge in [0.1, 0.15) is 23.3 Å². The summed E-state index contributed by atoms with van der Waals surface area (Å²) < 4.78 is 15.2. The summed E-state index contributed by atoms with van der Waals surface area (Å²) in [6, 6.07) is 3.98. The Kier molecular flexibility index (Phi) is 5.05. The third-order valence-electron chi connectivity index (χ3n) is 5.49. The summed E-state index contributed by atoms with van der Waals surface area (Å²) in [5.74, 6) is 0.921. The molecule has 1 saturated carbocycles. The molecule has 30 heavy (non-hydrogen) atoms. The molecule has 0 aromatic carbocycles. The van der Waals surface area contributed by atoms with E-state index in [9.17, 15) is 9.18 Å². The number of nitrogens with one attached hydrogen (secondary N) is 1. The van der Waals surface area contributed by atoms with Crippen LogP contribution in [0.15, 0.2) is 24.7 Å². The molecule has 1 amide bonds. The molecule has 0 bridgehead atoms. The number of imidazole rings is 1. The summed E-state index contributed by atoms with van der Waals surface area (Å²) in [5, 5.41) is 2.78. The van der Waals surface area contributed by atoms with Crippen LogP contribution >= 0.6 is 0 Å². The first-order chi connectivity index (χ1) is 14.3. The first-order valence-corrected chi connectivity index (χ1v) is 9.97. The zero-order valence-electron chi connectivity index (χ0n) is 17.8. The van der Waals surface area contributed by atoms with Crippen LogP contribution in [0.1, 0.15) is 18.9 Å². The van der Waals surface area contributed by atoms with Crippen molar-refractivity contribution in [3.05, 3.63) is 30.2 Å². The molecule has 9 heteroatoms. The van der Waals surface area contributed by atoms with Crippen molar-refractivity contribution in [2.24, 2.45) is 13.0 Å². The van der Waals surface area contributed by atoms with Gasteiger partial charge in [-0.2, -0.15) is 0 Å². The quantitative estimate of drug-likeness (QED) is 0.672. The van der Waals surface area contributed by atoms with E-state index in [0.29, 0.717) is 17.2 Å². The molecule has 1 fully saturated rings. The smallest absolute Gasteiger partial charge is 0.231 e. The van der Waals surface area contributed by atoms with Crippen LogP contribution in [0.3, 0.4) is 0 Å². The van der Waals surface area contributed by atoms with Crippen molar-refractivity contribution < 1.29 is 9.18 Å². The third kappa shape index (κ3) is 3.55. The predicted octanol–water partition coefficient (Wildman–Crippen LogP) is 3.06. The normalized spacial score (nSPS) is 17.8. The number of carbonyl (C=O) groups excluding carboxylic acids is 1. The highest BCUT2D eigenvalue weighted by molar-refractivity contribution is 6.01. The highest BCUT2D eigenvalue weighted by Crippen LogP contribution is 2.36. The number of anilines is 4. The van der Waals surface area contributed by atoms with Gasteiger partial charge >= 0.3 is 0 Å². The summed E-state index contributed by atoms with van der Waals surface area (Å²) in [4.78, 5) is 29.8. The van der Waals surface area contributed by atoms with Crippen molar-refractivity contribution in [2.75, 3.05) is 36.3 Å². The molecule has 0 saturated heterocycles. The molecule has 158 valence electrons. The maximum Gasteiger partial charge on any atom is 0.231 e. The van der Waals surface area contributed by atoms with E-state index < -0.39 is 12.1 Å². The second-order valence-electron chi connectivity index (χ2n) is 7.88. The summed E-state index contributed by atoms with van der Waals surface area (Å²) in [7, 11) is 7.72. The number of fused-ring (bicyclic) bond motifs is 1. The Balaban J connectivity index is 1.75. The molecule has 1 aliphatic carbocycles. The topological polar surface area (TPSA) is 79.2 Å². The van der Waals surface area contributed by atoms with E-state index in [0.717, 1.165) is 29.0 Å². The molecule has 0 spiro atoms. The first kappa shape index (κ1) is 20.1. The Labute approximate surface area is 174 Å². The fraction of sp³-hybridized carbons (Fsp3) is 0.429. The van der Waals surface area contributed by atoms with Gasteiger partial charge in [0.05, 0.1) is 29.6 Å². The Morgan fingerprint density at radius 3 is 2.63 bits per heavy atom. The number of alkyl halides is 1. The highest BCUT2D eigenvalue weighted by atomic mass is 19.1. The zero-order valence-corrected chi connectivity index (χ0v) is 17.8. The fourth-order valence-electron chi connectivity index (χ4n) is 3.45. The fourth-order valence-corrected chi connectivity index (χ4v) is 3.45. The summed E-state index contributed by atoms with van der Waals surface area (Å²) in [6.07, 6.45) is 3.54. The predicted molar refractivity (Wildman–Crippen MR) is 116 cm³/mol. The van der Waals surface area contributed by atoms with Crippen LogP contribution in [0.25, 0.3) is 11.0 Å².